The molecule has 2 aliphatic heterocycles. The number of halogens is 3. The van der Waals surface area contributed by atoms with E-state index in [1.165, 1.54) is 12.1 Å². The molecule has 2 unspecified atom stereocenters. The van der Waals surface area contributed by atoms with Crippen LogP contribution in [-0.2, 0) is 4.79 Å². The van der Waals surface area contributed by atoms with Crippen LogP contribution in [-0.4, -0.2) is 52.9 Å². The molecule has 2 fully saturated rings. The highest BCUT2D eigenvalue weighted by molar-refractivity contribution is 5.80. The minimum absolute atomic E-state index is 0.0471. The first-order valence-electron chi connectivity index (χ1n) is 14.9. The van der Waals surface area contributed by atoms with Crippen LogP contribution in [0.3, 0.4) is 0 Å². The van der Waals surface area contributed by atoms with Gasteiger partial charge in [0.2, 0.25) is 17.9 Å². The van der Waals surface area contributed by atoms with E-state index in [4.69, 9.17) is 10.5 Å². The highest BCUT2D eigenvalue weighted by Gasteiger charge is 2.46. The molecule has 3 aliphatic rings. The van der Waals surface area contributed by atoms with E-state index in [0.29, 0.717) is 62.3 Å². The van der Waals surface area contributed by atoms with Gasteiger partial charge in [0.05, 0.1) is 0 Å². The second-order valence-electron chi connectivity index (χ2n) is 11.8. The molecule has 2 aromatic carbocycles. The van der Waals surface area contributed by atoms with Gasteiger partial charge in [0, 0.05) is 31.3 Å². The van der Waals surface area contributed by atoms with E-state index in [2.05, 4.69) is 15.3 Å². The summed E-state index contributed by atoms with van der Waals surface area (Å²) >= 11 is 0. The third-order valence-electron chi connectivity index (χ3n) is 8.80. The van der Waals surface area contributed by atoms with Gasteiger partial charge < -0.3 is 25.8 Å². The third kappa shape index (κ3) is 6.73. The zero-order chi connectivity index (χ0) is 31.6. The zero-order valence-corrected chi connectivity index (χ0v) is 24.5. The van der Waals surface area contributed by atoms with E-state index in [9.17, 15) is 23.1 Å². The summed E-state index contributed by atoms with van der Waals surface area (Å²) in [5, 5.41) is 12.5. The van der Waals surface area contributed by atoms with Crippen molar-refractivity contribution in [1.82, 2.24) is 15.3 Å². The van der Waals surface area contributed by atoms with Gasteiger partial charge in [-0.05, 0) is 59.4 Å². The van der Waals surface area contributed by atoms with Crippen LogP contribution in [0.25, 0.3) is 16.7 Å². The molecule has 0 saturated carbocycles. The maximum atomic E-state index is 14.8. The SMILES string of the molecule is Nc1nc(OC(c2ccc(C3=CCC=CC=C3)cc2-c2ccccc2)C(F)(F)F)cc(N2CCC3(CC2)CNC(C(=O)O)C3)n1. The summed E-state index contributed by atoms with van der Waals surface area (Å²) in [5.74, 6) is -0.971. The van der Waals surface area contributed by atoms with Crippen LogP contribution in [0.2, 0.25) is 0 Å². The number of nitrogens with one attached hydrogen (secondary N) is 1. The average Bonchev–Trinajstić information content (AvgIpc) is 3.24. The predicted octanol–water partition coefficient (Wildman–Crippen LogP) is 6.34. The Morgan fingerprint density at radius 2 is 1.84 bits per heavy atom. The van der Waals surface area contributed by atoms with Crippen LogP contribution in [0.1, 0.15) is 42.9 Å². The molecule has 3 aromatic rings. The molecule has 11 heteroatoms. The number of piperidine rings is 1. The molecule has 0 amide bonds. The summed E-state index contributed by atoms with van der Waals surface area (Å²) in [5.41, 5.74) is 8.53. The van der Waals surface area contributed by atoms with Crippen LogP contribution in [0.15, 0.2) is 85.0 Å². The minimum Gasteiger partial charge on any atom is -0.480 e. The van der Waals surface area contributed by atoms with Crippen LogP contribution >= 0.6 is 0 Å². The molecule has 234 valence electrons. The third-order valence-corrected chi connectivity index (χ3v) is 8.80. The normalized spacial score (nSPS) is 20.1. The number of hydrogen-bond acceptors (Lipinski definition) is 7. The van der Waals surface area contributed by atoms with Crippen molar-refractivity contribution in [2.45, 2.75) is 44.0 Å². The number of anilines is 2. The lowest BCUT2D eigenvalue weighted by Gasteiger charge is -2.39. The number of rotatable bonds is 7. The Labute approximate surface area is 259 Å². The average molecular weight is 618 g/mol. The van der Waals surface area contributed by atoms with E-state index >= 15 is 0 Å². The lowest BCUT2D eigenvalue weighted by Crippen LogP contribution is -2.41. The van der Waals surface area contributed by atoms with Crippen LogP contribution < -0.4 is 20.7 Å². The second-order valence-corrected chi connectivity index (χ2v) is 11.8. The van der Waals surface area contributed by atoms with Gasteiger partial charge in [0.25, 0.3) is 0 Å². The van der Waals surface area contributed by atoms with E-state index in [1.807, 2.05) is 41.3 Å². The molecule has 3 heterocycles. The van der Waals surface area contributed by atoms with Crippen LogP contribution in [0.4, 0.5) is 24.9 Å². The fraction of sp³-hybridized carbons (Fsp3) is 0.324. The lowest BCUT2D eigenvalue weighted by atomic mass is 9.76. The van der Waals surface area contributed by atoms with Crippen LogP contribution in [0, 0.1) is 5.41 Å². The number of aliphatic carboxylic acids is 1. The predicted molar refractivity (Wildman–Crippen MR) is 167 cm³/mol. The highest BCUT2D eigenvalue weighted by Crippen LogP contribution is 2.43. The van der Waals surface area contributed by atoms with Crippen molar-refractivity contribution < 1.29 is 27.8 Å². The van der Waals surface area contributed by atoms with Crippen molar-refractivity contribution >= 4 is 23.3 Å². The summed E-state index contributed by atoms with van der Waals surface area (Å²) in [6, 6.07) is 14.7. The summed E-state index contributed by atoms with van der Waals surface area (Å²) in [6.07, 6.45) is 5.40. The molecular formula is C34H34F3N5O3. The lowest BCUT2D eigenvalue weighted by molar-refractivity contribution is -0.198. The Hall–Kier alpha value is -4.64. The number of carboxylic acids is 1. The van der Waals surface area contributed by atoms with Gasteiger partial charge in [-0.2, -0.15) is 23.1 Å². The van der Waals surface area contributed by atoms with Crippen molar-refractivity contribution in [3.05, 3.63) is 96.1 Å². The number of hydrogen-bond donors (Lipinski definition) is 3. The van der Waals surface area contributed by atoms with Gasteiger partial charge in [-0.1, -0.05) is 72.8 Å². The van der Waals surface area contributed by atoms with E-state index in [-0.39, 0.29) is 22.8 Å². The van der Waals surface area contributed by atoms with Gasteiger partial charge in [-0.25, -0.2) is 0 Å². The van der Waals surface area contributed by atoms with Crippen molar-refractivity contribution in [1.29, 1.82) is 0 Å². The minimum atomic E-state index is -4.77. The van der Waals surface area contributed by atoms with E-state index in [1.54, 1.807) is 36.4 Å². The Morgan fingerprint density at radius 1 is 1.07 bits per heavy atom. The van der Waals surface area contributed by atoms with Crippen molar-refractivity contribution in [2.24, 2.45) is 5.41 Å². The molecule has 4 N–H and O–H groups in total. The van der Waals surface area contributed by atoms with Gasteiger partial charge in [0.15, 0.2) is 0 Å². The second kappa shape index (κ2) is 12.4. The van der Waals surface area contributed by atoms with Gasteiger partial charge >= 0.3 is 12.1 Å². The quantitative estimate of drug-likeness (QED) is 0.282. The summed E-state index contributed by atoms with van der Waals surface area (Å²) in [4.78, 5) is 21.7. The Kier molecular flexibility index (Phi) is 8.37. The van der Waals surface area contributed by atoms with Gasteiger partial charge in [0.1, 0.15) is 11.9 Å². The maximum absolute atomic E-state index is 14.8. The molecule has 2 atom stereocenters. The fourth-order valence-corrected chi connectivity index (χ4v) is 6.39. The first-order valence-corrected chi connectivity index (χ1v) is 14.9. The summed E-state index contributed by atoms with van der Waals surface area (Å²) in [7, 11) is 0. The first-order chi connectivity index (χ1) is 21.6. The molecule has 0 bridgehead atoms. The Morgan fingerprint density at radius 3 is 2.56 bits per heavy atom. The Balaban J connectivity index is 1.30. The van der Waals surface area contributed by atoms with E-state index < -0.39 is 24.3 Å². The van der Waals surface area contributed by atoms with Gasteiger partial charge in [-0.3, -0.25) is 4.79 Å². The van der Waals surface area contributed by atoms with E-state index in [0.717, 1.165) is 11.1 Å². The fourth-order valence-electron chi connectivity index (χ4n) is 6.39. The first kappa shape index (κ1) is 30.4. The highest BCUT2D eigenvalue weighted by atomic mass is 19.4. The number of allylic oxidation sites excluding steroid dienone is 6. The molecule has 2 saturated heterocycles. The monoisotopic (exact) mass is 617 g/mol. The summed E-state index contributed by atoms with van der Waals surface area (Å²) in [6.45, 7) is 1.70. The number of nitrogens with zero attached hydrogens (tertiary/aromatic N) is 3. The smallest absolute Gasteiger partial charge is 0.429 e. The number of alkyl halides is 3. The van der Waals surface area contributed by atoms with Crippen molar-refractivity contribution in [3.8, 4) is 17.0 Å². The molecular weight excluding hydrogens is 583 g/mol. The standard InChI is InChI=1S/C34H34F3N5O3/c35-34(36,37)30(25-13-12-24(22-8-4-1-2-5-9-22)18-26(25)23-10-6-3-7-11-23)45-29-19-28(40-32(38)41-29)42-16-14-33(15-17-42)20-27(31(43)44)39-21-33/h1-4,6-13,18-19,27,30,39H,5,14-17,20-21H2,(H,43,44)(H2,38,40,41). The number of carbonyl (C=O) groups is 1. The largest absolute Gasteiger partial charge is 0.480 e. The molecule has 6 rings (SSSR count). The number of nitrogen functional groups attached to an aromatic ring is 1. The zero-order valence-electron chi connectivity index (χ0n) is 24.5. The number of nitrogens with two attached hydrogens (primary N) is 1. The van der Waals surface area contributed by atoms with Gasteiger partial charge in [-0.15, -0.1) is 0 Å². The molecule has 0 radical (unpaired) electrons. The molecule has 1 aliphatic carbocycles. The molecule has 1 aromatic heterocycles. The Bertz CT molecular complexity index is 1650. The topological polar surface area (TPSA) is 114 Å². The maximum Gasteiger partial charge on any atom is 0.429 e. The van der Waals surface area contributed by atoms with Crippen LogP contribution in [0.5, 0.6) is 5.88 Å². The molecule has 45 heavy (non-hydrogen) atoms. The number of carboxylic acid groups (broad SMARTS) is 1. The number of aromatic nitrogens is 2. The van der Waals surface area contributed by atoms with Crippen molar-refractivity contribution in [2.75, 3.05) is 30.3 Å². The number of benzene rings is 2. The number of ether oxygens (including phenoxy) is 1. The summed E-state index contributed by atoms with van der Waals surface area (Å²) < 4.78 is 50.1. The molecule has 1 spiro atoms. The molecule has 8 nitrogen and oxygen atoms in total. The van der Waals surface area contributed by atoms with Crippen molar-refractivity contribution in [3.63, 3.8) is 0 Å².